The number of fused-ring (bicyclic) bond motifs is 2. The summed E-state index contributed by atoms with van der Waals surface area (Å²) in [5, 5.41) is 12.6. The molecule has 8 heteroatoms. The number of halogens is 1. The molecule has 7 nitrogen and oxygen atoms in total. The summed E-state index contributed by atoms with van der Waals surface area (Å²) < 4.78 is 13.5. The van der Waals surface area contributed by atoms with Gasteiger partial charge in [0.1, 0.15) is 11.5 Å². The standard InChI is InChI=1S/C29H21FN6O/c30-20-6-3-16(4-7-20)24-14-32-15-27-22(24)11-26(34-27)28-23-10-18(5-8-25(23)35-36-28)19-9-21(13-31-12-19)33-29(37)17-1-2-17/h3-15,17,34H,1-2H2,(H,33,37)(H,35,36). The van der Waals surface area contributed by atoms with E-state index in [1.165, 1.54) is 12.1 Å². The van der Waals surface area contributed by atoms with Crippen molar-refractivity contribution in [2.45, 2.75) is 12.8 Å². The molecular weight excluding hydrogens is 467 g/mol. The van der Waals surface area contributed by atoms with Crippen LogP contribution in [0.15, 0.2) is 79.4 Å². The molecule has 6 aromatic rings. The van der Waals surface area contributed by atoms with Crippen LogP contribution in [0.3, 0.4) is 0 Å². The molecule has 7 rings (SSSR count). The summed E-state index contributed by atoms with van der Waals surface area (Å²) in [6, 6.07) is 16.5. The maximum absolute atomic E-state index is 13.5. The summed E-state index contributed by atoms with van der Waals surface area (Å²) in [5.74, 6) is -0.0909. The summed E-state index contributed by atoms with van der Waals surface area (Å²) in [5.41, 5.74) is 7.77. The zero-order valence-electron chi connectivity index (χ0n) is 19.6. The molecule has 0 unspecified atom stereocenters. The van der Waals surface area contributed by atoms with E-state index in [1.54, 1.807) is 36.9 Å². The molecule has 1 aliphatic carbocycles. The van der Waals surface area contributed by atoms with Crippen molar-refractivity contribution in [3.63, 3.8) is 0 Å². The minimum absolute atomic E-state index is 0.0554. The van der Waals surface area contributed by atoms with Gasteiger partial charge in [0.05, 0.1) is 34.8 Å². The first kappa shape index (κ1) is 21.4. The Morgan fingerprint density at radius 3 is 2.49 bits per heavy atom. The van der Waals surface area contributed by atoms with E-state index in [2.05, 4.69) is 36.5 Å². The summed E-state index contributed by atoms with van der Waals surface area (Å²) in [6.07, 6.45) is 8.93. The van der Waals surface area contributed by atoms with E-state index < -0.39 is 0 Å². The predicted molar refractivity (Wildman–Crippen MR) is 141 cm³/mol. The van der Waals surface area contributed by atoms with Crippen LogP contribution in [-0.2, 0) is 4.79 Å². The van der Waals surface area contributed by atoms with Crippen molar-refractivity contribution in [2.24, 2.45) is 5.92 Å². The quantitative estimate of drug-likeness (QED) is 0.264. The number of pyridine rings is 2. The number of nitrogens with zero attached hydrogens (tertiary/aromatic N) is 3. The number of aromatic amines is 2. The van der Waals surface area contributed by atoms with E-state index in [0.717, 1.165) is 68.3 Å². The zero-order chi connectivity index (χ0) is 24.9. The molecule has 0 spiro atoms. The summed E-state index contributed by atoms with van der Waals surface area (Å²) >= 11 is 0. The van der Waals surface area contributed by atoms with Gasteiger partial charge in [-0.2, -0.15) is 5.10 Å². The Kier molecular flexibility index (Phi) is 4.85. The third-order valence-electron chi connectivity index (χ3n) is 6.81. The van der Waals surface area contributed by atoms with Crippen molar-refractivity contribution < 1.29 is 9.18 Å². The molecule has 0 saturated heterocycles. The van der Waals surface area contributed by atoms with Crippen molar-refractivity contribution in [2.75, 3.05) is 5.32 Å². The number of carbonyl (C=O) groups is 1. The number of rotatable bonds is 5. The van der Waals surface area contributed by atoms with Crippen LogP contribution >= 0.6 is 0 Å². The molecular formula is C29H21FN6O. The molecule has 0 bridgehead atoms. The number of benzene rings is 2. The van der Waals surface area contributed by atoms with Crippen LogP contribution in [0.4, 0.5) is 10.1 Å². The lowest BCUT2D eigenvalue weighted by atomic mass is 10.0. The van der Waals surface area contributed by atoms with Crippen LogP contribution < -0.4 is 5.32 Å². The Labute approximate surface area is 210 Å². The van der Waals surface area contributed by atoms with Gasteiger partial charge in [0.2, 0.25) is 5.91 Å². The Balaban J connectivity index is 1.28. The average molecular weight is 489 g/mol. The van der Waals surface area contributed by atoms with Gasteiger partial charge in [0.25, 0.3) is 0 Å². The maximum Gasteiger partial charge on any atom is 0.227 e. The third kappa shape index (κ3) is 3.92. The Bertz CT molecular complexity index is 1800. The first-order valence-electron chi connectivity index (χ1n) is 12.1. The van der Waals surface area contributed by atoms with Gasteiger partial charge in [-0.1, -0.05) is 18.2 Å². The van der Waals surface area contributed by atoms with Crippen molar-refractivity contribution in [3.8, 4) is 33.6 Å². The van der Waals surface area contributed by atoms with E-state index in [4.69, 9.17) is 0 Å². The van der Waals surface area contributed by atoms with Gasteiger partial charge in [-0.3, -0.25) is 19.9 Å². The highest BCUT2D eigenvalue weighted by molar-refractivity contribution is 6.01. The second-order valence-electron chi connectivity index (χ2n) is 9.40. The molecule has 2 aromatic carbocycles. The Hall–Kier alpha value is -4.85. The fraction of sp³-hybridized carbons (Fsp3) is 0.103. The molecule has 1 fully saturated rings. The third-order valence-corrected chi connectivity index (χ3v) is 6.81. The first-order valence-corrected chi connectivity index (χ1v) is 12.1. The molecule has 1 amide bonds. The highest BCUT2D eigenvalue weighted by atomic mass is 19.1. The van der Waals surface area contributed by atoms with Gasteiger partial charge in [-0.15, -0.1) is 0 Å². The van der Waals surface area contributed by atoms with Crippen LogP contribution in [0.25, 0.3) is 55.4 Å². The van der Waals surface area contributed by atoms with Crippen molar-refractivity contribution in [3.05, 3.63) is 85.2 Å². The van der Waals surface area contributed by atoms with Crippen molar-refractivity contribution in [1.82, 2.24) is 25.1 Å². The van der Waals surface area contributed by atoms with E-state index in [0.29, 0.717) is 5.69 Å². The molecule has 180 valence electrons. The number of hydrogen-bond donors (Lipinski definition) is 3. The number of aromatic nitrogens is 5. The minimum Gasteiger partial charge on any atom is -0.352 e. The van der Waals surface area contributed by atoms with Gasteiger partial charge in [-0.05, 0) is 60.4 Å². The molecule has 1 aliphatic rings. The van der Waals surface area contributed by atoms with Crippen LogP contribution in [-0.4, -0.2) is 31.1 Å². The number of amides is 1. The van der Waals surface area contributed by atoms with Crippen molar-refractivity contribution in [1.29, 1.82) is 0 Å². The highest BCUT2D eigenvalue weighted by Crippen LogP contribution is 2.35. The molecule has 4 heterocycles. The lowest BCUT2D eigenvalue weighted by molar-refractivity contribution is -0.117. The van der Waals surface area contributed by atoms with Gasteiger partial charge in [-0.25, -0.2) is 4.39 Å². The Morgan fingerprint density at radius 2 is 1.65 bits per heavy atom. The fourth-order valence-electron chi connectivity index (χ4n) is 4.69. The lowest BCUT2D eigenvalue weighted by Gasteiger charge is -2.07. The Morgan fingerprint density at radius 1 is 0.838 bits per heavy atom. The molecule has 3 N–H and O–H groups in total. The van der Waals surface area contributed by atoms with Gasteiger partial charge < -0.3 is 10.3 Å². The second kappa shape index (κ2) is 8.37. The molecule has 0 radical (unpaired) electrons. The van der Waals surface area contributed by atoms with E-state index in [1.807, 2.05) is 24.3 Å². The monoisotopic (exact) mass is 488 g/mol. The number of H-pyrrole nitrogens is 2. The number of hydrogen-bond acceptors (Lipinski definition) is 4. The predicted octanol–water partition coefficient (Wildman–Crippen LogP) is 6.32. The second-order valence-corrected chi connectivity index (χ2v) is 9.40. The average Bonchev–Trinajstić information content (AvgIpc) is 3.55. The number of carbonyl (C=O) groups excluding carboxylic acids is 1. The highest BCUT2D eigenvalue weighted by Gasteiger charge is 2.29. The fourth-order valence-corrected chi connectivity index (χ4v) is 4.69. The van der Waals surface area contributed by atoms with E-state index in [9.17, 15) is 9.18 Å². The van der Waals surface area contributed by atoms with Gasteiger partial charge in [0.15, 0.2) is 0 Å². The van der Waals surface area contributed by atoms with Gasteiger partial charge >= 0.3 is 0 Å². The summed E-state index contributed by atoms with van der Waals surface area (Å²) in [6.45, 7) is 0. The molecule has 4 aromatic heterocycles. The zero-order valence-corrected chi connectivity index (χ0v) is 19.6. The lowest BCUT2D eigenvalue weighted by Crippen LogP contribution is -2.13. The van der Waals surface area contributed by atoms with Crippen LogP contribution in [0.2, 0.25) is 0 Å². The number of anilines is 1. The topological polar surface area (TPSA) is 99.3 Å². The summed E-state index contributed by atoms with van der Waals surface area (Å²) in [4.78, 5) is 24.3. The van der Waals surface area contributed by atoms with Crippen molar-refractivity contribution >= 4 is 33.4 Å². The largest absolute Gasteiger partial charge is 0.352 e. The van der Waals surface area contributed by atoms with E-state index in [-0.39, 0.29) is 17.6 Å². The van der Waals surface area contributed by atoms with Crippen LogP contribution in [0, 0.1) is 11.7 Å². The smallest absolute Gasteiger partial charge is 0.227 e. The van der Waals surface area contributed by atoms with Crippen LogP contribution in [0.5, 0.6) is 0 Å². The number of nitrogens with one attached hydrogen (secondary N) is 3. The minimum atomic E-state index is -0.275. The van der Waals surface area contributed by atoms with E-state index >= 15 is 0 Å². The maximum atomic E-state index is 13.5. The molecule has 1 saturated carbocycles. The van der Waals surface area contributed by atoms with Gasteiger partial charge in [0, 0.05) is 40.2 Å². The molecule has 0 atom stereocenters. The molecule has 37 heavy (non-hydrogen) atoms. The summed E-state index contributed by atoms with van der Waals surface area (Å²) in [7, 11) is 0. The molecule has 0 aliphatic heterocycles. The first-order chi connectivity index (χ1) is 18.1. The van der Waals surface area contributed by atoms with Crippen LogP contribution in [0.1, 0.15) is 12.8 Å². The SMILES string of the molecule is O=C(Nc1cncc(-c2ccc3[nH]nc(-c4cc5c(-c6ccc(F)cc6)cncc5[nH]4)c3c2)c1)C1CC1. The normalized spacial score (nSPS) is 13.3.